The van der Waals surface area contributed by atoms with E-state index in [1.54, 1.807) is 0 Å². The van der Waals surface area contributed by atoms with Crippen LogP contribution in [0.1, 0.15) is 29.0 Å². The van der Waals surface area contributed by atoms with Gasteiger partial charge in [0.1, 0.15) is 12.0 Å². The maximum absolute atomic E-state index is 12.2. The summed E-state index contributed by atoms with van der Waals surface area (Å²) in [5.41, 5.74) is 1.93. The second-order valence-corrected chi connectivity index (χ2v) is 7.40. The summed E-state index contributed by atoms with van der Waals surface area (Å²) in [6.07, 6.45) is 2.46. The standard InChI is InChI=1S/C21H26N2O4/c24-20-18(13-22-8-10-26-11-9-22)15-27-21(25)19(20)14-23-7-6-17(12-23)16-4-2-1-3-5-16/h1-5,15,17,24H,6-14H2/t17-/m0/s1. The fourth-order valence-corrected chi connectivity index (χ4v) is 3.99. The highest BCUT2D eigenvalue weighted by Crippen LogP contribution is 2.29. The molecular formula is C21H26N2O4. The van der Waals surface area contributed by atoms with Crippen molar-refractivity contribution >= 4 is 0 Å². The van der Waals surface area contributed by atoms with Gasteiger partial charge in [-0.15, -0.1) is 0 Å². The first-order valence-corrected chi connectivity index (χ1v) is 9.60. The van der Waals surface area contributed by atoms with Gasteiger partial charge in [-0.25, -0.2) is 4.79 Å². The van der Waals surface area contributed by atoms with Crippen molar-refractivity contribution in [3.05, 3.63) is 63.7 Å². The first-order valence-electron chi connectivity index (χ1n) is 9.60. The fourth-order valence-electron chi connectivity index (χ4n) is 3.99. The van der Waals surface area contributed by atoms with Crippen molar-refractivity contribution in [2.45, 2.75) is 25.4 Å². The number of nitrogens with zero attached hydrogens (tertiary/aromatic N) is 2. The van der Waals surface area contributed by atoms with Gasteiger partial charge in [0, 0.05) is 38.3 Å². The molecule has 1 N–H and O–H groups in total. The highest BCUT2D eigenvalue weighted by molar-refractivity contribution is 5.36. The molecule has 0 bridgehead atoms. The van der Waals surface area contributed by atoms with Crippen LogP contribution in [0.4, 0.5) is 0 Å². The minimum atomic E-state index is -0.443. The molecule has 2 aliphatic rings. The van der Waals surface area contributed by atoms with Gasteiger partial charge in [-0.1, -0.05) is 30.3 Å². The van der Waals surface area contributed by atoms with Gasteiger partial charge >= 0.3 is 5.63 Å². The molecule has 3 heterocycles. The second-order valence-electron chi connectivity index (χ2n) is 7.40. The lowest BCUT2D eigenvalue weighted by Crippen LogP contribution is -2.35. The quantitative estimate of drug-likeness (QED) is 0.870. The number of morpholine rings is 1. The van der Waals surface area contributed by atoms with E-state index >= 15 is 0 Å². The maximum Gasteiger partial charge on any atom is 0.343 e. The van der Waals surface area contributed by atoms with Gasteiger partial charge in [0.15, 0.2) is 0 Å². The van der Waals surface area contributed by atoms with Gasteiger partial charge in [0.2, 0.25) is 0 Å². The minimum Gasteiger partial charge on any atom is -0.507 e. The number of likely N-dealkylation sites (tertiary alicyclic amines) is 1. The van der Waals surface area contributed by atoms with Crippen molar-refractivity contribution in [3.63, 3.8) is 0 Å². The van der Waals surface area contributed by atoms with Crippen molar-refractivity contribution < 1.29 is 14.3 Å². The topological polar surface area (TPSA) is 66.2 Å². The van der Waals surface area contributed by atoms with Gasteiger partial charge in [0.25, 0.3) is 0 Å². The smallest absolute Gasteiger partial charge is 0.343 e. The predicted molar refractivity (Wildman–Crippen MR) is 102 cm³/mol. The van der Waals surface area contributed by atoms with Crippen LogP contribution in [0.5, 0.6) is 5.75 Å². The van der Waals surface area contributed by atoms with Crippen LogP contribution in [0.15, 0.2) is 45.8 Å². The third kappa shape index (κ3) is 4.24. The first-order chi connectivity index (χ1) is 13.2. The van der Waals surface area contributed by atoms with Crippen molar-refractivity contribution in [1.82, 2.24) is 9.80 Å². The molecule has 2 aliphatic heterocycles. The normalized spacial score (nSPS) is 21.6. The zero-order valence-electron chi connectivity index (χ0n) is 15.5. The summed E-state index contributed by atoms with van der Waals surface area (Å²) < 4.78 is 10.6. The SMILES string of the molecule is O=c1occ(CN2CCOCC2)c(O)c1CN1CC[C@H](c2ccccc2)C1. The summed E-state index contributed by atoms with van der Waals surface area (Å²) in [4.78, 5) is 16.7. The molecule has 0 saturated carbocycles. The van der Waals surface area contributed by atoms with Crippen LogP contribution >= 0.6 is 0 Å². The predicted octanol–water partition coefficient (Wildman–Crippen LogP) is 2.17. The summed E-state index contributed by atoms with van der Waals surface area (Å²) >= 11 is 0. The monoisotopic (exact) mass is 370 g/mol. The largest absolute Gasteiger partial charge is 0.507 e. The van der Waals surface area contributed by atoms with Crippen LogP contribution in [0.25, 0.3) is 0 Å². The van der Waals surface area contributed by atoms with E-state index in [0.717, 1.165) is 32.6 Å². The average Bonchev–Trinajstić information content (AvgIpc) is 3.18. The molecule has 6 heteroatoms. The molecule has 2 aromatic rings. The molecule has 1 aromatic carbocycles. The molecule has 2 saturated heterocycles. The number of rotatable bonds is 5. The van der Waals surface area contributed by atoms with Crippen molar-refractivity contribution in [3.8, 4) is 5.75 Å². The molecule has 1 aromatic heterocycles. The van der Waals surface area contributed by atoms with Gasteiger partial charge in [-0.3, -0.25) is 9.80 Å². The number of benzene rings is 1. The molecule has 2 fully saturated rings. The summed E-state index contributed by atoms with van der Waals surface area (Å²) in [6.45, 7) is 5.81. The van der Waals surface area contributed by atoms with Gasteiger partial charge in [-0.05, 0) is 24.4 Å². The fraction of sp³-hybridized carbons (Fsp3) is 0.476. The molecule has 4 rings (SSSR count). The summed E-state index contributed by atoms with van der Waals surface area (Å²) in [5, 5.41) is 10.7. The first kappa shape index (κ1) is 18.2. The van der Waals surface area contributed by atoms with Crippen molar-refractivity contribution in [2.75, 3.05) is 39.4 Å². The lowest BCUT2D eigenvalue weighted by molar-refractivity contribution is 0.0335. The summed E-state index contributed by atoms with van der Waals surface area (Å²) in [6, 6.07) is 10.5. The van der Waals surface area contributed by atoms with E-state index < -0.39 is 5.63 Å². The molecule has 0 aliphatic carbocycles. The van der Waals surface area contributed by atoms with E-state index in [-0.39, 0.29) is 5.75 Å². The van der Waals surface area contributed by atoms with Crippen LogP contribution in [0.2, 0.25) is 0 Å². The highest BCUT2D eigenvalue weighted by atomic mass is 16.5. The minimum absolute atomic E-state index is 0.0842. The zero-order valence-corrected chi connectivity index (χ0v) is 15.5. The van der Waals surface area contributed by atoms with Crippen LogP contribution in [-0.2, 0) is 17.8 Å². The van der Waals surface area contributed by atoms with Gasteiger partial charge in [0.05, 0.1) is 18.8 Å². The number of hydrogen-bond acceptors (Lipinski definition) is 6. The molecule has 0 spiro atoms. The van der Waals surface area contributed by atoms with Crippen LogP contribution in [-0.4, -0.2) is 54.3 Å². The maximum atomic E-state index is 12.2. The van der Waals surface area contributed by atoms with E-state index in [1.807, 2.05) is 6.07 Å². The Kier molecular flexibility index (Phi) is 5.57. The van der Waals surface area contributed by atoms with E-state index in [4.69, 9.17) is 9.15 Å². The Bertz CT molecular complexity index is 815. The molecule has 0 amide bonds. The summed E-state index contributed by atoms with van der Waals surface area (Å²) in [7, 11) is 0. The Morgan fingerprint density at radius 2 is 1.81 bits per heavy atom. The van der Waals surface area contributed by atoms with E-state index in [0.29, 0.717) is 43.3 Å². The Hall–Kier alpha value is -2.15. The van der Waals surface area contributed by atoms with Crippen molar-refractivity contribution in [1.29, 1.82) is 0 Å². The van der Waals surface area contributed by atoms with E-state index in [1.165, 1.54) is 11.8 Å². The number of hydrogen-bond donors (Lipinski definition) is 1. The molecule has 144 valence electrons. The Labute approximate surface area is 159 Å². The Morgan fingerprint density at radius 3 is 2.59 bits per heavy atom. The Morgan fingerprint density at radius 1 is 1.04 bits per heavy atom. The molecule has 27 heavy (non-hydrogen) atoms. The van der Waals surface area contributed by atoms with Gasteiger partial charge in [-0.2, -0.15) is 0 Å². The van der Waals surface area contributed by atoms with Crippen LogP contribution in [0.3, 0.4) is 0 Å². The third-order valence-corrected chi connectivity index (χ3v) is 5.57. The molecular weight excluding hydrogens is 344 g/mol. The number of aromatic hydroxyl groups is 1. The lowest BCUT2D eigenvalue weighted by Gasteiger charge is -2.26. The third-order valence-electron chi connectivity index (χ3n) is 5.57. The van der Waals surface area contributed by atoms with Crippen LogP contribution < -0.4 is 5.63 Å². The Balaban J connectivity index is 1.45. The lowest BCUT2D eigenvalue weighted by atomic mass is 9.99. The molecule has 0 radical (unpaired) electrons. The summed E-state index contributed by atoms with van der Waals surface area (Å²) in [5.74, 6) is 0.554. The zero-order chi connectivity index (χ0) is 18.6. The molecule has 0 unspecified atom stereocenters. The average molecular weight is 370 g/mol. The second kappa shape index (κ2) is 8.25. The molecule has 1 atom stereocenters. The number of ether oxygens (including phenoxy) is 1. The van der Waals surface area contributed by atoms with Crippen molar-refractivity contribution in [2.24, 2.45) is 0 Å². The van der Waals surface area contributed by atoms with Crippen LogP contribution in [0, 0.1) is 0 Å². The van der Waals surface area contributed by atoms with E-state index in [9.17, 15) is 9.90 Å². The molecule has 6 nitrogen and oxygen atoms in total. The van der Waals surface area contributed by atoms with Gasteiger partial charge < -0.3 is 14.3 Å². The highest BCUT2D eigenvalue weighted by Gasteiger charge is 2.26. The van der Waals surface area contributed by atoms with E-state index in [2.05, 4.69) is 34.1 Å².